The first-order valence-electron chi connectivity index (χ1n) is 7.75. The third-order valence-corrected chi connectivity index (χ3v) is 5.25. The first kappa shape index (κ1) is 16.7. The summed E-state index contributed by atoms with van der Waals surface area (Å²) >= 11 is 12.2. The molecule has 0 amide bonds. The Morgan fingerprint density at radius 1 is 1.35 bits per heavy atom. The lowest BCUT2D eigenvalue weighted by atomic mass is 10.0. The molecule has 2 aromatic rings. The van der Waals surface area contributed by atoms with Gasteiger partial charge in [-0.3, -0.25) is 5.10 Å². The molecule has 1 aromatic heterocycles. The van der Waals surface area contributed by atoms with Crippen molar-refractivity contribution in [2.75, 3.05) is 6.54 Å². The number of aryl methyl sites for hydroxylation is 1. The Balaban J connectivity index is 1.53. The van der Waals surface area contributed by atoms with Crippen LogP contribution in [0.2, 0.25) is 10.0 Å². The smallest absolute Gasteiger partial charge is 0.153 e. The molecule has 0 aliphatic heterocycles. The monoisotopic (exact) mass is 354 g/mol. The first-order valence-corrected chi connectivity index (χ1v) is 8.50. The lowest BCUT2D eigenvalue weighted by Crippen LogP contribution is -2.27. The van der Waals surface area contributed by atoms with Crippen LogP contribution in [0.4, 0.5) is 0 Å². The SMILES string of the molecule is Cc1nc(C2C[C@H](CNCc3cccc(Cl)c3Cl)[C@H](O)C2)n[nH]1. The minimum Gasteiger partial charge on any atom is -0.393 e. The van der Waals surface area contributed by atoms with E-state index in [2.05, 4.69) is 20.5 Å². The molecule has 1 fully saturated rings. The number of rotatable bonds is 5. The van der Waals surface area contributed by atoms with Crippen molar-refractivity contribution in [2.45, 2.75) is 38.3 Å². The van der Waals surface area contributed by atoms with Crippen LogP contribution >= 0.6 is 23.2 Å². The number of aromatic nitrogens is 3. The van der Waals surface area contributed by atoms with E-state index in [1.165, 1.54) is 0 Å². The molecular weight excluding hydrogens is 335 g/mol. The average molecular weight is 355 g/mol. The van der Waals surface area contributed by atoms with E-state index in [1.54, 1.807) is 6.07 Å². The quantitative estimate of drug-likeness (QED) is 0.771. The summed E-state index contributed by atoms with van der Waals surface area (Å²) in [6.45, 7) is 3.24. The van der Waals surface area contributed by atoms with E-state index >= 15 is 0 Å². The lowest BCUT2D eigenvalue weighted by molar-refractivity contribution is 0.131. The Kier molecular flexibility index (Phi) is 5.21. The van der Waals surface area contributed by atoms with Crippen LogP contribution in [0.5, 0.6) is 0 Å². The Bertz CT molecular complexity index is 676. The maximum Gasteiger partial charge on any atom is 0.153 e. The molecule has 1 unspecified atom stereocenters. The number of H-pyrrole nitrogens is 1. The molecule has 3 N–H and O–H groups in total. The van der Waals surface area contributed by atoms with Gasteiger partial charge in [-0.2, -0.15) is 5.10 Å². The predicted octanol–water partition coefficient (Wildman–Crippen LogP) is 3.06. The number of aromatic amines is 1. The highest BCUT2D eigenvalue weighted by molar-refractivity contribution is 6.42. The minimum absolute atomic E-state index is 0.191. The summed E-state index contributed by atoms with van der Waals surface area (Å²) in [6, 6.07) is 5.61. The van der Waals surface area contributed by atoms with Crippen molar-refractivity contribution < 1.29 is 5.11 Å². The van der Waals surface area contributed by atoms with Crippen molar-refractivity contribution in [3.63, 3.8) is 0 Å². The second-order valence-corrected chi connectivity index (χ2v) is 6.90. The van der Waals surface area contributed by atoms with Gasteiger partial charge in [-0.25, -0.2) is 4.98 Å². The molecular formula is C16H20Cl2N4O. The number of nitrogens with zero attached hydrogens (tertiary/aromatic N) is 2. The Labute approximate surface area is 145 Å². The molecule has 1 heterocycles. The molecule has 7 heteroatoms. The van der Waals surface area contributed by atoms with Gasteiger partial charge < -0.3 is 10.4 Å². The van der Waals surface area contributed by atoms with Gasteiger partial charge in [0.2, 0.25) is 0 Å². The first-order chi connectivity index (χ1) is 11.0. The van der Waals surface area contributed by atoms with E-state index < -0.39 is 0 Å². The normalized spacial score (nSPS) is 24.3. The van der Waals surface area contributed by atoms with Gasteiger partial charge in [0.25, 0.3) is 0 Å². The number of nitrogens with one attached hydrogen (secondary N) is 2. The van der Waals surface area contributed by atoms with Gasteiger partial charge in [0.05, 0.1) is 16.1 Å². The van der Waals surface area contributed by atoms with Crippen molar-refractivity contribution in [1.29, 1.82) is 0 Å². The van der Waals surface area contributed by atoms with Crippen molar-refractivity contribution in [3.05, 3.63) is 45.5 Å². The van der Waals surface area contributed by atoms with E-state index in [4.69, 9.17) is 23.2 Å². The van der Waals surface area contributed by atoms with Crippen LogP contribution in [0, 0.1) is 12.8 Å². The zero-order chi connectivity index (χ0) is 16.4. The molecule has 0 radical (unpaired) electrons. The van der Waals surface area contributed by atoms with Crippen LogP contribution in [-0.2, 0) is 6.54 Å². The molecule has 1 saturated carbocycles. The number of hydrogen-bond donors (Lipinski definition) is 3. The predicted molar refractivity (Wildman–Crippen MR) is 90.8 cm³/mol. The van der Waals surface area contributed by atoms with Crippen molar-refractivity contribution >= 4 is 23.2 Å². The molecule has 5 nitrogen and oxygen atoms in total. The highest BCUT2D eigenvalue weighted by Crippen LogP contribution is 2.36. The lowest BCUT2D eigenvalue weighted by Gasteiger charge is -2.15. The van der Waals surface area contributed by atoms with Gasteiger partial charge in [-0.05, 0) is 37.3 Å². The average Bonchev–Trinajstić information content (AvgIpc) is 3.10. The van der Waals surface area contributed by atoms with E-state index in [-0.39, 0.29) is 17.9 Å². The minimum atomic E-state index is -0.332. The van der Waals surface area contributed by atoms with Gasteiger partial charge >= 0.3 is 0 Å². The van der Waals surface area contributed by atoms with Gasteiger partial charge in [-0.15, -0.1) is 0 Å². The fourth-order valence-electron chi connectivity index (χ4n) is 3.15. The summed E-state index contributed by atoms with van der Waals surface area (Å²) in [4.78, 5) is 4.38. The number of aliphatic hydroxyl groups is 1. The second-order valence-electron chi connectivity index (χ2n) is 6.12. The molecule has 0 spiro atoms. The molecule has 1 aliphatic carbocycles. The van der Waals surface area contributed by atoms with Gasteiger partial charge in [0.15, 0.2) is 5.82 Å². The summed E-state index contributed by atoms with van der Waals surface area (Å²) in [5.74, 6) is 2.03. The molecule has 3 atom stereocenters. The van der Waals surface area contributed by atoms with Crippen LogP contribution < -0.4 is 5.32 Å². The number of benzene rings is 1. The van der Waals surface area contributed by atoms with Crippen LogP contribution in [0.15, 0.2) is 18.2 Å². The Morgan fingerprint density at radius 2 is 2.17 bits per heavy atom. The van der Waals surface area contributed by atoms with Crippen molar-refractivity contribution in [3.8, 4) is 0 Å². The summed E-state index contributed by atoms with van der Waals surface area (Å²) in [7, 11) is 0. The number of halogens is 2. The standard InChI is InChI=1S/C16H20Cl2N4O/c1-9-20-16(22-21-9)11-5-12(14(23)6-11)8-19-7-10-3-2-4-13(17)15(10)18/h2-4,11-12,14,19,23H,5-8H2,1H3,(H,20,21,22)/t11?,12-,14-/m1/s1. The van der Waals surface area contributed by atoms with Crippen LogP contribution in [0.25, 0.3) is 0 Å². The fraction of sp³-hybridized carbons (Fsp3) is 0.500. The fourth-order valence-corrected chi connectivity index (χ4v) is 3.54. The highest BCUT2D eigenvalue weighted by Gasteiger charge is 2.35. The third-order valence-electron chi connectivity index (χ3n) is 4.39. The largest absolute Gasteiger partial charge is 0.393 e. The third kappa shape index (κ3) is 3.86. The topological polar surface area (TPSA) is 73.8 Å². The zero-order valence-electron chi connectivity index (χ0n) is 12.9. The number of aliphatic hydroxyl groups excluding tert-OH is 1. The van der Waals surface area contributed by atoms with Crippen LogP contribution in [0.1, 0.15) is 36.0 Å². The summed E-state index contributed by atoms with van der Waals surface area (Å²) in [6.07, 6.45) is 1.26. The molecule has 0 bridgehead atoms. The van der Waals surface area contributed by atoms with E-state index in [9.17, 15) is 5.11 Å². The van der Waals surface area contributed by atoms with Gasteiger partial charge in [-0.1, -0.05) is 35.3 Å². The van der Waals surface area contributed by atoms with E-state index in [0.717, 1.165) is 30.2 Å². The van der Waals surface area contributed by atoms with E-state index in [1.807, 2.05) is 19.1 Å². The molecule has 3 rings (SSSR count). The summed E-state index contributed by atoms with van der Waals surface area (Å²) < 4.78 is 0. The molecule has 1 aromatic carbocycles. The Morgan fingerprint density at radius 3 is 2.91 bits per heavy atom. The van der Waals surface area contributed by atoms with E-state index in [0.29, 0.717) is 23.0 Å². The molecule has 1 aliphatic rings. The number of hydrogen-bond acceptors (Lipinski definition) is 4. The van der Waals surface area contributed by atoms with Gasteiger partial charge in [0.1, 0.15) is 5.82 Å². The van der Waals surface area contributed by atoms with Crippen LogP contribution in [-0.4, -0.2) is 32.9 Å². The molecule has 0 saturated heterocycles. The van der Waals surface area contributed by atoms with Crippen molar-refractivity contribution in [2.24, 2.45) is 5.92 Å². The second kappa shape index (κ2) is 7.18. The maximum absolute atomic E-state index is 10.3. The highest BCUT2D eigenvalue weighted by atomic mass is 35.5. The van der Waals surface area contributed by atoms with Crippen LogP contribution in [0.3, 0.4) is 0 Å². The summed E-state index contributed by atoms with van der Waals surface area (Å²) in [5.41, 5.74) is 0.966. The summed E-state index contributed by atoms with van der Waals surface area (Å²) in [5, 5.41) is 21.9. The molecule has 23 heavy (non-hydrogen) atoms. The van der Waals surface area contributed by atoms with Crippen molar-refractivity contribution in [1.82, 2.24) is 20.5 Å². The Hall–Kier alpha value is -1.14. The zero-order valence-corrected chi connectivity index (χ0v) is 14.4. The molecule has 124 valence electrons. The maximum atomic E-state index is 10.3. The van der Waals surface area contributed by atoms with Gasteiger partial charge in [0, 0.05) is 19.0 Å².